The van der Waals surface area contributed by atoms with Gasteiger partial charge in [-0.2, -0.15) is 0 Å². The summed E-state index contributed by atoms with van der Waals surface area (Å²) in [6, 6.07) is 4.71. The first kappa shape index (κ1) is 12.3. The van der Waals surface area contributed by atoms with Crippen LogP contribution < -0.4 is 10.5 Å². The van der Waals surface area contributed by atoms with Crippen LogP contribution >= 0.6 is 0 Å². The van der Waals surface area contributed by atoms with E-state index < -0.39 is 11.9 Å². The van der Waals surface area contributed by atoms with Crippen molar-refractivity contribution in [2.45, 2.75) is 44.4 Å². The molecule has 0 bridgehead atoms. The molecule has 3 nitrogen and oxygen atoms in total. The van der Waals surface area contributed by atoms with E-state index in [2.05, 4.69) is 0 Å². The van der Waals surface area contributed by atoms with E-state index in [0.29, 0.717) is 6.54 Å². The van der Waals surface area contributed by atoms with Crippen molar-refractivity contribution >= 4 is 0 Å². The maximum absolute atomic E-state index is 13.7. The third-order valence-corrected chi connectivity index (χ3v) is 3.18. The molecule has 3 N–H and O–H groups in total. The second-order valence-corrected chi connectivity index (χ2v) is 4.48. The monoisotopic (exact) mass is 239 g/mol. The lowest BCUT2D eigenvalue weighted by atomic mass is 9.95. The lowest BCUT2D eigenvalue weighted by Gasteiger charge is -2.28. The molecule has 0 aromatic heterocycles. The molecule has 2 unspecified atom stereocenters. The molecule has 1 saturated carbocycles. The molecular formula is C13H18FNO2. The quantitative estimate of drug-likeness (QED) is 0.847. The van der Waals surface area contributed by atoms with Crippen molar-refractivity contribution in [3.05, 3.63) is 29.6 Å². The summed E-state index contributed by atoms with van der Waals surface area (Å²) in [5.74, 6) is -0.209. The van der Waals surface area contributed by atoms with E-state index >= 15 is 0 Å². The highest BCUT2D eigenvalue weighted by Gasteiger charge is 2.25. The summed E-state index contributed by atoms with van der Waals surface area (Å²) in [5, 5.41) is 9.75. The SMILES string of the molecule is NCc1ccc(OC2CCCCC2O)c(F)c1. The third-order valence-electron chi connectivity index (χ3n) is 3.18. The average Bonchev–Trinajstić information content (AvgIpc) is 2.34. The Labute approximate surface area is 100 Å². The summed E-state index contributed by atoms with van der Waals surface area (Å²) in [7, 11) is 0. The summed E-state index contributed by atoms with van der Waals surface area (Å²) in [5.41, 5.74) is 6.16. The zero-order chi connectivity index (χ0) is 12.3. The summed E-state index contributed by atoms with van der Waals surface area (Å²) in [6.07, 6.45) is 2.76. The lowest BCUT2D eigenvalue weighted by molar-refractivity contribution is 0.00498. The minimum absolute atomic E-state index is 0.202. The number of benzene rings is 1. The number of hydrogen-bond donors (Lipinski definition) is 2. The highest BCUT2D eigenvalue weighted by Crippen LogP contribution is 2.26. The van der Waals surface area contributed by atoms with Crippen LogP contribution in [0.5, 0.6) is 5.75 Å². The number of ether oxygens (including phenoxy) is 1. The van der Waals surface area contributed by atoms with E-state index in [1.807, 2.05) is 0 Å². The Hall–Kier alpha value is -1.13. The maximum atomic E-state index is 13.7. The van der Waals surface area contributed by atoms with Gasteiger partial charge in [-0.3, -0.25) is 0 Å². The van der Waals surface area contributed by atoms with Gasteiger partial charge in [-0.25, -0.2) is 4.39 Å². The molecule has 1 aromatic carbocycles. The van der Waals surface area contributed by atoms with Crippen LogP contribution in [-0.2, 0) is 6.54 Å². The second-order valence-electron chi connectivity index (χ2n) is 4.48. The number of nitrogens with two attached hydrogens (primary N) is 1. The second kappa shape index (κ2) is 5.47. The normalized spacial score (nSPS) is 24.6. The van der Waals surface area contributed by atoms with E-state index in [4.69, 9.17) is 10.5 Å². The van der Waals surface area contributed by atoms with Crippen LogP contribution in [0.2, 0.25) is 0 Å². The van der Waals surface area contributed by atoms with Gasteiger partial charge < -0.3 is 15.6 Å². The van der Waals surface area contributed by atoms with E-state index in [1.165, 1.54) is 6.07 Å². The first-order valence-corrected chi connectivity index (χ1v) is 6.04. The van der Waals surface area contributed by atoms with Gasteiger partial charge in [0, 0.05) is 6.54 Å². The van der Waals surface area contributed by atoms with E-state index in [1.54, 1.807) is 12.1 Å². The largest absolute Gasteiger partial charge is 0.485 e. The van der Waals surface area contributed by atoms with Crippen molar-refractivity contribution in [1.29, 1.82) is 0 Å². The Kier molecular flexibility index (Phi) is 3.97. The molecule has 0 aliphatic heterocycles. The smallest absolute Gasteiger partial charge is 0.165 e. The Morgan fingerprint density at radius 2 is 2.12 bits per heavy atom. The molecule has 2 atom stereocenters. The van der Waals surface area contributed by atoms with Gasteiger partial charge in [0.2, 0.25) is 0 Å². The van der Waals surface area contributed by atoms with Crippen molar-refractivity contribution < 1.29 is 14.2 Å². The summed E-state index contributed by atoms with van der Waals surface area (Å²) >= 11 is 0. The fraction of sp³-hybridized carbons (Fsp3) is 0.538. The molecule has 0 amide bonds. The highest BCUT2D eigenvalue weighted by atomic mass is 19.1. The van der Waals surface area contributed by atoms with Crippen LogP contribution in [0.3, 0.4) is 0 Å². The van der Waals surface area contributed by atoms with Crippen molar-refractivity contribution in [1.82, 2.24) is 0 Å². The summed E-state index contributed by atoms with van der Waals surface area (Å²) in [6.45, 7) is 0.309. The molecule has 1 aromatic rings. The molecule has 2 rings (SSSR count). The van der Waals surface area contributed by atoms with Crippen molar-refractivity contribution in [2.24, 2.45) is 5.73 Å². The van der Waals surface area contributed by atoms with E-state index in [9.17, 15) is 9.50 Å². The van der Waals surface area contributed by atoms with Gasteiger partial charge in [0.25, 0.3) is 0 Å². The molecule has 17 heavy (non-hydrogen) atoms. The van der Waals surface area contributed by atoms with Gasteiger partial charge in [0.1, 0.15) is 6.10 Å². The van der Waals surface area contributed by atoms with Crippen LogP contribution in [0.15, 0.2) is 18.2 Å². The van der Waals surface area contributed by atoms with Crippen molar-refractivity contribution in [3.63, 3.8) is 0 Å². The topological polar surface area (TPSA) is 55.5 Å². The molecule has 0 saturated heterocycles. The van der Waals surface area contributed by atoms with Crippen molar-refractivity contribution in [2.75, 3.05) is 0 Å². The number of rotatable bonds is 3. The molecule has 4 heteroatoms. The Morgan fingerprint density at radius 1 is 1.35 bits per heavy atom. The van der Waals surface area contributed by atoms with Crippen LogP contribution in [0, 0.1) is 5.82 Å². The minimum atomic E-state index is -0.489. The molecule has 0 heterocycles. The zero-order valence-corrected chi connectivity index (χ0v) is 9.73. The zero-order valence-electron chi connectivity index (χ0n) is 9.73. The van der Waals surface area contributed by atoms with Crippen LogP contribution in [-0.4, -0.2) is 17.3 Å². The molecule has 1 aliphatic rings. The van der Waals surface area contributed by atoms with Crippen molar-refractivity contribution in [3.8, 4) is 5.75 Å². The van der Waals surface area contributed by atoms with Gasteiger partial charge >= 0.3 is 0 Å². The summed E-state index contributed by atoms with van der Waals surface area (Å²) in [4.78, 5) is 0. The standard InChI is InChI=1S/C13H18FNO2/c14-10-7-9(8-15)5-6-12(10)17-13-4-2-1-3-11(13)16/h5-7,11,13,16H,1-4,8,15H2. The number of aliphatic hydroxyl groups is 1. The molecule has 1 aliphatic carbocycles. The third kappa shape index (κ3) is 2.96. The van der Waals surface area contributed by atoms with Crippen LogP contribution in [0.4, 0.5) is 4.39 Å². The minimum Gasteiger partial charge on any atom is -0.485 e. The van der Waals surface area contributed by atoms with Gasteiger partial charge in [-0.05, 0) is 37.0 Å². The Morgan fingerprint density at radius 3 is 2.76 bits per heavy atom. The van der Waals surface area contributed by atoms with Crippen LogP contribution in [0.1, 0.15) is 31.2 Å². The van der Waals surface area contributed by atoms with Gasteiger partial charge in [-0.15, -0.1) is 0 Å². The van der Waals surface area contributed by atoms with Gasteiger partial charge in [0.05, 0.1) is 6.10 Å². The number of halogens is 1. The highest BCUT2D eigenvalue weighted by molar-refractivity contribution is 5.29. The molecule has 0 radical (unpaired) electrons. The number of hydrogen-bond acceptors (Lipinski definition) is 3. The average molecular weight is 239 g/mol. The van der Waals surface area contributed by atoms with E-state index in [0.717, 1.165) is 31.2 Å². The van der Waals surface area contributed by atoms with Crippen LogP contribution in [0.25, 0.3) is 0 Å². The molecule has 0 spiro atoms. The van der Waals surface area contributed by atoms with Gasteiger partial charge in [0.15, 0.2) is 11.6 Å². The lowest BCUT2D eigenvalue weighted by Crippen LogP contribution is -2.34. The molecule has 94 valence electrons. The first-order valence-electron chi connectivity index (χ1n) is 6.04. The molecular weight excluding hydrogens is 221 g/mol. The Bertz CT molecular complexity index is 384. The Balaban J connectivity index is 2.07. The van der Waals surface area contributed by atoms with Gasteiger partial charge in [-0.1, -0.05) is 12.5 Å². The fourth-order valence-corrected chi connectivity index (χ4v) is 2.14. The summed E-state index contributed by atoms with van der Waals surface area (Å²) < 4.78 is 19.2. The first-order chi connectivity index (χ1) is 8.20. The predicted molar refractivity (Wildman–Crippen MR) is 63.2 cm³/mol. The molecule has 1 fully saturated rings. The predicted octanol–water partition coefficient (Wildman–Crippen LogP) is 1.97. The fourth-order valence-electron chi connectivity index (χ4n) is 2.14. The number of aliphatic hydroxyl groups excluding tert-OH is 1. The maximum Gasteiger partial charge on any atom is 0.165 e. The van der Waals surface area contributed by atoms with E-state index in [-0.39, 0.29) is 11.9 Å².